The summed E-state index contributed by atoms with van der Waals surface area (Å²) in [7, 11) is 0. The number of aryl methyl sites for hydroxylation is 2. The maximum Gasteiger partial charge on any atom is 0.354 e. The maximum atomic E-state index is 11.0. The van der Waals surface area contributed by atoms with Crippen LogP contribution in [0.2, 0.25) is 0 Å². The van der Waals surface area contributed by atoms with E-state index in [0.29, 0.717) is 17.8 Å². The fourth-order valence-electron chi connectivity index (χ4n) is 1.67. The van der Waals surface area contributed by atoms with E-state index in [1.54, 1.807) is 13.1 Å². The van der Waals surface area contributed by atoms with Gasteiger partial charge in [-0.15, -0.1) is 0 Å². The second kappa shape index (κ2) is 4.96. The van der Waals surface area contributed by atoms with Crippen LogP contribution in [0.1, 0.15) is 33.0 Å². The van der Waals surface area contributed by atoms with Gasteiger partial charge in [0.15, 0.2) is 5.69 Å². The van der Waals surface area contributed by atoms with Crippen LogP contribution in [0.5, 0.6) is 0 Å². The van der Waals surface area contributed by atoms with Gasteiger partial charge >= 0.3 is 5.97 Å². The summed E-state index contributed by atoms with van der Waals surface area (Å²) in [6, 6.07) is 8.03. The topological polar surface area (TPSA) is 63.1 Å². The number of carbonyl (C=O) groups is 1. The van der Waals surface area contributed by atoms with Gasteiger partial charge in [0.2, 0.25) is 0 Å². The summed E-state index contributed by atoms with van der Waals surface area (Å²) < 4.78 is 0. The number of hydrogen-bond donors (Lipinski definition) is 1. The quantitative estimate of drug-likeness (QED) is 0.897. The molecule has 0 saturated heterocycles. The van der Waals surface area contributed by atoms with Gasteiger partial charge in [-0.2, -0.15) is 0 Å². The van der Waals surface area contributed by atoms with Crippen molar-refractivity contribution < 1.29 is 9.90 Å². The van der Waals surface area contributed by atoms with E-state index in [9.17, 15) is 4.79 Å². The molecule has 0 bridgehead atoms. The first-order valence-electron chi connectivity index (χ1n) is 5.67. The number of aromatic nitrogens is 2. The first-order chi connectivity index (χ1) is 8.56. The zero-order valence-corrected chi connectivity index (χ0v) is 10.3. The maximum absolute atomic E-state index is 11.0. The molecule has 4 nitrogen and oxygen atoms in total. The summed E-state index contributed by atoms with van der Waals surface area (Å²) in [5, 5.41) is 9.00. The molecule has 1 heterocycles. The molecule has 2 rings (SSSR count). The van der Waals surface area contributed by atoms with Crippen LogP contribution in [0.4, 0.5) is 0 Å². The number of hydrogen-bond acceptors (Lipinski definition) is 3. The van der Waals surface area contributed by atoms with Gasteiger partial charge in [0.1, 0.15) is 5.82 Å². The molecule has 4 heteroatoms. The molecular weight excluding hydrogens is 228 g/mol. The molecule has 0 unspecified atom stereocenters. The Kier molecular flexibility index (Phi) is 3.37. The van der Waals surface area contributed by atoms with Crippen LogP contribution in [0.15, 0.2) is 30.5 Å². The highest BCUT2D eigenvalue weighted by Crippen LogP contribution is 2.10. The third-order valence-electron chi connectivity index (χ3n) is 2.71. The number of rotatable bonds is 3. The van der Waals surface area contributed by atoms with E-state index in [2.05, 4.69) is 9.97 Å². The summed E-state index contributed by atoms with van der Waals surface area (Å²) >= 11 is 0. The van der Waals surface area contributed by atoms with Crippen LogP contribution in [-0.2, 0) is 6.42 Å². The standard InChI is InChI=1S/C14H14N2O2/c1-9-3-5-11(6-4-9)7-12-15-8-10(2)13(16-12)14(17)18/h3-6,8H,7H2,1-2H3,(H,17,18). The van der Waals surface area contributed by atoms with E-state index < -0.39 is 5.97 Å². The largest absolute Gasteiger partial charge is 0.477 e. The summed E-state index contributed by atoms with van der Waals surface area (Å²) in [5.74, 6) is -0.484. The Hall–Kier alpha value is -2.23. The lowest BCUT2D eigenvalue weighted by molar-refractivity contribution is 0.0689. The van der Waals surface area contributed by atoms with E-state index in [1.807, 2.05) is 31.2 Å². The van der Waals surface area contributed by atoms with Gasteiger partial charge in [-0.25, -0.2) is 14.8 Å². The lowest BCUT2D eigenvalue weighted by Gasteiger charge is -2.04. The van der Waals surface area contributed by atoms with Gasteiger partial charge in [-0.05, 0) is 19.4 Å². The Bertz CT molecular complexity index is 577. The molecule has 0 aliphatic carbocycles. The van der Waals surface area contributed by atoms with E-state index in [4.69, 9.17) is 5.11 Å². The molecule has 1 aromatic heterocycles. The monoisotopic (exact) mass is 242 g/mol. The summed E-state index contributed by atoms with van der Waals surface area (Å²) in [6.45, 7) is 3.72. The van der Waals surface area contributed by atoms with Crippen molar-refractivity contribution in [3.63, 3.8) is 0 Å². The van der Waals surface area contributed by atoms with Crippen LogP contribution >= 0.6 is 0 Å². The number of aromatic carboxylic acids is 1. The number of carboxylic acids is 1. The molecule has 0 aliphatic rings. The molecule has 18 heavy (non-hydrogen) atoms. The number of benzene rings is 1. The number of carboxylic acid groups (broad SMARTS) is 1. The van der Waals surface area contributed by atoms with Crippen LogP contribution < -0.4 is 0 Å². The minimum Gasteiger partial charge on any atom is -0.477 e. The highest BCUT2D eigenvalue weighted by molar-refractivity contribution is 5.86. The molecule has 0 spiro atoms. The van der Waals surface area contributed by atoms with Gasteiger partial charge in [-0.3, -0.25) is 0 Å². The highest BCUT2D eigenvalue weighted by atomic mass is 16.4. The molecule has 0 radical (unpaired) electrons. The van der Waals surface area contributed by atoms with Crippen molar-refractivity contribution in [2.75, 3.05) is 0 Å². The van der Waals surface area contributed by atoms with Crippen LogP contribution in [0.3, 0.4) is 0 Å². The molecule has 92 valence electrons. The van der Waals surface area contributed by atoms with E-state index >= 15 is 0 Å². The SMILES string of the molecule is Cc1ccc(Cc2ncc(C)c(C(=O)O)n2)cc1. The molecule has 1 aromatic carbocycles. The van der Waals surface area contributed by atoms with Crippen molar-refractivity contribution in [3.05, 3.63) is 58.7 Å². The van der Waals surface area contributed by atoms with Crippen molar-refractivity contribution >= 4 is 5.97 Å². The third-order valence-corrected chi connectivity index (χ3v) is 2.71. The van der Waals surface area contributed by atoms with Crippen LogP contribution in [0.25, 0.3) is 0 Å². The molecule has 0 amide bonds. The molecule has 0 saturated carbocycles. The predicted octanol–water partition coefficient (Wildman–Crippen LogP) is 2.38. The Morgan fingerprint density at radius 3 is 2.50 bits per heavy atom. The Morgan fingerprint density at radius 1 is 1.22 bits per heavy atom. The first kappa shape index (κ1) is 12.2. The van der Waals surface area contributed by atoms with Gasteiger partial charge in [0.05, 0.1) is 0 Å². The average Bonchev–Trinajstić information content (AvgIpc) is 2.34. The highest BCUT2D eigenvalue weighted by Gasteiger charge is 2.11. The summed E-state index contributed by atoms with van der Waals surface area (Å²) in [5.41, 5.74) is 2.91. The van der Waals surface area contributed by atoms with Gasteiger partial charge in [0.25, 0.3) is 0 Å². The van der Waals surface area contributed by atoms with E-state index in [1.165, 1.54) is 5.56 Å². The fraction of sp³-hybridized carbons (Fsp3) is 0.214. The van der Waals surface area contributed by atoms with Crippen molar-refractivity contribution in [1.82, 2.24) is 9.97 Å². The zero-order chi connectivity index (χ0) is 13.1. The van der Waals surface area contributed by atoms with Gasteiger partial charge < -0.3 is 5.11 Å². The minimum absolute atomic E-state index is 0.0760. The fourth-order valence-corrected chi connectivity index (χ4v) is 1.67. The smallest absolute Gasteiger partial charge is 0.354 e. The molecule has 2 aromatic rings. The number of nitrogens with zero attached hydrogens (tertiary/aromatic N) is 2. The van der Waals surface area contributed by atoms with Crippen molar-refractivity contribution in [1.29, 1.82) is 0 Å². The third kappa shape index (κ3) is 2.71. The Morgan fingerprint density at radius 2 is 1.89 bits per heavy atom. The average molecular weight is 242 g/mol. The lowest BCUT2D eigenvalue weighted by Crippen LogP contribution is -2.08. The molecular formula is C14H14N2O2. The summed E-state index contributed by atoms with van der Waals surface area (Å²) in [6.07, 6.45) is 2.10. The van der Waals surface area contributed by atoms with Gasteiger partial charge in [-0.1, -0.05) is 29.8 Å². The lowest BCUT2D eigenvalue weighted by atomic mass is 10.1. The van der Waals surface area contributed by atoms with Crippen molar-refractivity contribution in [2.24, 2.45) is 0 Å². The predicted molar refractivity (Wildman–Crippen MR) is 67.7 cm³/mol. The summed E-state index contributed by atoms with van der Waals surface area (Å²) in [4.78, 5) is 19.2. The normalized spacial score (nSPS) is 10.3. The van der Waals surface area contributed by atoms with Crippen LogP contribution in [0, 0.1) is 13.8 Å². The molecule has 0 atom stereocenters. The van der Waals surface area contributed by atoms with Crippen molar-refractivity contribution in [2.45, 2.75) is 20.3 Å². The second-order valence-corrected chi connectivity index (χ2v) is 4.29. The first-order valence-corrected chi connectivity index (χ1v) is 5.67. The second-order valence-electron chi connectivity index (χ2n) is 4.29. The minimum atomic E-state index is -1.01. The van der Waals surface area contributed by atoms with E-state index in [0.717, 1.165) is 5.56 Å². The van der Waals surface area contributed by atoms with E-state index in [-0.39, 0.29) is 5.69 Å². The van der Waals surface area contributed by atoms with Crippen LogP contribution in [-0.4, -0.2) is 21.0 Å². The molecule has 0 aliphatic heterocycles. The van der Waals surface area contributed by atoms with Gasteiger partial charge in [0, 0.05) is 18.2 Å². The Balaban J connectivity index is 2.27. The van der Waals surface area contributed by atoms with Crippen molar-refractivity contribution in [3.8, 4) is 0 Å². The Labute approximate surface area is 105 Å². The zero-order valence-electron chi connectivity index (χ0n) is 10.3. The molecule has 1 N–H and O–H groups in total. The molecule has 0 fully saturated rings.